The Kier molecular flexibility index (Phi) is 3.62. The SMILES string of the molecule is COc1cncc(-c2ccc(Br)cc2C(=O)O)c1. The smallest absolute Gasteiger partial charge is 0.336 e. The van der Waals surface area contributed by atoms with Crippen LogP contribution >= 0.6 is 15.9 Å². The maximum absolute atomic E-state index is 11.2. The van der Waals surface area contributed by atoms with E-state index in [1.165, 1.54) is 0 Å². The zero-order valence-electron chi connectivity index (χ0n) is 9.55. The van der Waals surface area contributed by atoms with Crippen LogP contribution in [-0.2, 0) is 0 Å². The van der Waals surface area contributed by atoms with Crippen molar-refractivity contribution in [2.75, 3.05) is 7.11 Å². The summed E-state index contributed by atoms with van der Waals surface area (Å²) in [4.78, 5) is 15.3. The topological polar surface area (TPSA) is 59.4 Å². The fourth-order valence-electron chi connectivity index (χ4n) is 1.62. The van der Waals surface area contributed by atoms with Crippen LogP contribution in [0.3, 0.4) is 0 Å². The first-order valence-corrected chi connectivity index (χ1v) is 5.93. The van der Waals surface area contributed by atoms with Gasteiger partial charge in [0.2, 0.25) is 0 Å². The quantitative estimate of drug-likeness (QED) is 0.946. The monoisotopic (exact) mass is 307 g/mol. The summed E-state index contributed by atoms with van der Waals surface area (Å²) < 4.78 is 5.80. The van der Waals surface area contributed by atoms with Crippen molar-refractivity contribution in [2.24, 2.45) is 0 Å². The summed E-state index contributed by atoms with van der Waals surface area (Å²) in [6, 6.07) is 6.85. The van der Waals surface area contributed by atoms with Crippen molar-refractivity contribution in [3.63, 3.8) is 0 Å². The predicted molar refractivity (Wildman–Crippen MR) is 70.9 cm³/mol. The third kappa shape index (κ3) is 2.51. The van der Waals surface area contributed by atoms with Crippen LogP contribution in [0.15, 0.2) is 41.1 Å². The van der Waals surface area contributed by atoms with E-state index in [4.69, 9.17) is 4.74 Å². The Morgan fingerprint density at radius 2 is 2.11 bits per heavy atom. The molecular weight excluding hydrogens is 298 g/mol. The number of carbonyl (C=O) groups is 1. The molecule has 92 valence electrons. The molecule has 0 atom stereocenters. The zero-order chi connectivity index (χ0) is 13.1. The van der Waals surface area contributed by atoms with Gasteiger partial charge in [0, 0.05) is 16.2 Å². The fourth-order valence-corrected chi connectivity index (χ4v) is 1.98. The number of hydrogen-bond acceptors (Lipinski definition) is 3. The summed E-state index contributed by atoms with van der Waals surface area (Å²) in [6.07, 6.45) is 3.18. The van der Waals surface area contributed by atoms with Crippen molar-refractivity contribution >= 4 is 21.9 Å². The third-order valence-electron chi connectivity index (χ3n) is 2.47. The van der Waals surface area contributed by atoms with Crippen LogP contribution in [0.1, 0.15) is 10.4 Å². The van der Waals surface area contributed by atoms with E-state index in [1.54, 1.807) is 43.8 Å². The number of pyridine rings is 1. The molecule has 4 nitrogen and oxygen atoms in total. The lowest BCUT2D eigenvalue weighted by Crippen LogP contribution is -2.00. The highest BCUT2D eigenvalue weighted by Crippen LogP contribution is 2.28. The molecule has 0 bridgehead atoms. The largest absolute Gasteiger partial charge is 0.495 e. The van der Waals surface area contributed by atoms with Gasteiger partial charge in [-0.1, -0.05) is 22.0 Å². The minimum atomic E-state index is -0.978. The fraction of sp³-hybridized carbons (Fsp3) is 0.0769. The van der Waals surface area contributed by atoms with Gasteiger partial charge in [-0.2, -0.15) is 0 Å². The molecule has 0 aliphatic carbocycles. The van der Waals surface area contributed by atoms with Gasteiger partial charge in [0.1, 0.15) is 5.75 Å². The molecule has 5 heteroatoms. The second-order valence-electron chi connectivity index (χ2n) is 3.61. The minimum absolute atomic E-state index is 0.222. The lowest BCUT2D eigenvalue weighted by atomic mass is 10.0. The first kappa shape index (κ1) is 12.6. The first-order valence-electron chi connectivity index (χ1n) is 5.14. The van der Waals surface area contributed by atoms with Gasteiger partial charge >= 0.3 is 5.97 Å². The summed E-state index contributed by atoms with van der Waals surface area (Å²) in [5.74, 6) is -0.388. The van der Waals surface area contributed by atoms with Gasteiger partial charge < -0.3 is 9.84 Å². The molecule has 0 unspecified atom stereocenters. The number of nitrogens with zero attached hydrogens (tertiary/aromatic N) is 1. The normalized spacial score (nSPS) is 10.1. The lowest BCUT2D eigenvalue weighted by Gasteiger charge is -2.08. The molecule has 0 saturated carbocycles. The molecule has 2 rings (SSSR count). The van der Waals surface area contributed by atoms with Gasteiger partial charge in [0.05, 0.1) is 18.9 Å². The number of hydrogen-bond donors (Lipinski definition) is 1. The highest BCUT2D eigenvalue weighted by molar-refractivity contribution is 9.10. The molecular formula is C13H10BrNO3. The highest BCUT2D eigenvalue weighted by Gasteiger charge is 2.13. The van der Waals surface area contributed by atoms with Crippen LogP contribution in [-0.4, -0.2) is 23.2 Å². The van der Waals surface area contributed by atoms with Crippen LogP contribution < -0.4 is 4.74 Å². The third-order valence-corrected chi connectivity index (χ3v) is 2.97. The number of rotatable bonds is 3. The van der Waals surface area contributed by atoms with Gasteiger partial charge in [-0.05, 0) is 23.8 Å². The van der Waals surface area contributed by atoms with E-state index in [0.717, 1.165) is 4.47 Å². The second-order valence-corrected chi connectivity index (χ2v) is 4.52. The van der Waals surface area contributed by atoms with E-state index in [0.29, 0.717) is 16.9 Å². The van der Waals surface area contributed by atoms with E-state index in [1.807, 2.05) is 0 Å². The van der Waals surface area contributed by atoms with Crippen LogP contribution in [0.25, 0.3) is 11.1 Å². The molecule has 0 aliphatic heterocycles. The Bertz CT molecular complexity index is 599. The molecule has 0 spiro atoms. The molecule has 1 aromatic carbocycles. The maximum atomic E-state index is 11.2. The summed E-state index contributed by atoms with van der Waals surface area (Å²) in [5.41, 5.74) is 1.54. The van der Waals surface area contributed by atoms with Crippen LogP contribution in [0.4, 0.5) is 0 Å². The summed E-state index contributed by atoms with van der Waals surface area (Å²) in [7, 11) is 1.54. The average Bonchev–Trinajstić information content (AvgIpc) is 2.38. The minimum Gasteiger partial charge on any atom is -0.495 e. The van der Waals surface area contributed by atoms with Crippen molar-refractivity contribution < 1.29 is 14.6 Å². The van der Waals surface area contributed by atoms with E-state index in [-0.39, 0.29) is 5.56 Å². The first-order chi connectivity index (χ1) is 8.61. The molecule has 0 amide bonds. The number of carboxylic acid groups (broad SMARTS) is 1. The zero-order valence-corrected chi connectivity index (χ0v) is 11.1. The Labute approximate surface area is 112 Å². The van der Waals surface area contributed by atoms with Gasteiger partial charge in [-0.3, -0.25) is 4.98 Å². The predicted octanol–water partition coefficient (Wildman–Crippen LogP) is 3.22. The number of carboxylic acids is 1. The van der Waals surface area contributed by atoms with E-state index in [9.17, 15) is 9.90 Å². The van der Waals surface area contributed by atoms with Crippen molar-refractivity contribution in [3.05, 3.63) is 46.7 Å². The van der Waals surface area contributed by atoms with Gasteiger partial charge in [-0.15, -0.1) is 0 Å². The Morgan fingerprint density at radius 3 is 2.78 bits per heavy atom. The van der Waals surface area contributed by atoms with Crippen LogP contribution in [0.2, 0.25) is 0 Å². The molecule has 2 aromatic rings. The highest BCUT2D eigenvalue weighted by atomic mass is 79.9. The number of benzene rings is 1. The van der Waals surface area contributed by atoms with E-state index < -0.39 is 5.97 Å². The number of ether oxygens (including phenoxy) is 1. The molecule has 0 saturated heterocycles. The van der Waals surface area contributed by atoms with Crippen LogP contribution in [0, 0.1) is 0 Å². The van der Waals surface area contributed by atoms with Crippen LogP contribution in [0.5, 0.6) is 5.75 Å². The van der Waals surface area contributed by atoms with Crippen molar-refractivity contribution in [1.82, 2.24) is 4.98 Å². The Morgan fingerprint density at radius 1 is 1.33 bits per heavy atom. The average molecular weight is 308 g/mol. The number of aromatic nitrogens is 1. The molecule has 18 heavy (non-hydrogen) atoms. The standard InChI is InChI=1S/C13H10BrNO3/c1-18-10-4-8(6-15-7-10)11-3-2-9(14)5-12(11)13(16)17/h2-7H,1H3,(H,16,17). The van der Waals surface area contributed by atoms with Crippen molar-refractivity contribution in [3.8, 4) is 16.9 Å². The number of aromatic carboxylic acids is 1. The second kappa shape index (κ2) is 5.18. The molecule has 1 N–H and O–H groups in total. The molecule has 0 fully saturated rings. The maximum Gasteiger partial charge on any atom is 0.336 e. The number of methoxy groups -OCH3 is 1. The van der Waals surface area contributed by atoms with E-state index >= 15 is 0 Å². The summed E-state index contributed by atoms with van der Waals surface area (Å²) >= 11 is 3.26. The molecule has 1 heterocycles. The molecule has 1 aromatic heterocycles. The lowest BCUT2D eigenvalue weighted by molar-refractivity contribution is 0.0697. The Hall–Kier alpha value is -1.88. The van der Waals surface area contributed by atoms with Gasteiger partial charge in [-0.25, -0.2) is 4.79 Å². The van der Waals surface area contributed by atoms with Gasteiger partial charge in [0.15, 0.2) is 0 Å². The van der Waals surface area contributed by atoms with Crippen molar-refractivity contribution in [2.45, 2.75) is 0 Å². The van der Waals surface area contributed by atoms with E-state index in [2.05, 4.69) is 20.9 Å². The molecule has 0 radical (unpaired) electrons. The Balaban J connectivity index is 2.59. The van der Waals surface area contributed by atoms with Gasteiger partial charge in [0.25, 0.3) is 0 Å². The summed E-state index contributed by atoms with van der Waals surface area (Å²) in [6.45, 7) is 0. The molecule has 0 aliphatic rings. The summed E-state index contributed by atoms with van der Waals surface area (Å²) in [5, 5.41) is 9.21. The van der Waals surface area contributed by atoms with Crippen molar-refractivity contribution in [1.29, 1.82) is 0 Å². The number of halogens is 1.